The van der Waals surface area contributed by atoms with Gasteiger partial charge in [-0.05, 0) is 49.9 Å². The van der Waals surface area contributed by atoms with Gasteiger partial charge in [0.25, 0.3) is 17.7 Å². The Morgan fingerprint density at radius 1 is 1.00 bits per heavy atom. The Morgan fingerprint density at radius 3 is 2.20 bits per heavy atom. The van der Waals surface area contributed by atoms with Gasteiger partial charge < -0.3 is 19.3 Å². The average Bonchev–Trinajstić information content (AvgIpc) is 2.90. The van der Waals surface area contributed by atoms with E-state index in [1.54, 1.807) is 35.2 Å². The van der Waals surface area contributed by atoms with Crippen LogP contribution >= 0.6 is 0 Å². The molecule has 35 heavy (non-hydrogen) atoms. The maximum atomic E-state index is 14.8. The van der Waals surface area contributed by atoms with Crippen molar-refractivity contribution in [2.75, 3.05) is 32.7 Å². The molecule has 1 saturated heterocycles. The van der Waals surface area contributed by atoms with Crippen LogP contribution in [-0.2, 0) is 0 Å². The molecule has 4 rings (SSSR count). The second-order valence-electron chi connectivity index (χ2n) is 8.07. The number of nitriles is 1. The van der Waals surface area contributed by atoms with Gasteiger partial charge in [0.1, 0.15) is 11.5 Å². The molecule has 3 aromatic rings. The lowest BCUT2D eigenvalue weighted by atomic mass is 10.1. The van der Waals surface area contributed by atoms with Crippen LogP contribution in [-0.4, -0.2) is 53.4 Å². The summed E-state index contributed by atoms with van der Waals surface area (Å²) in [5, 5.41) is 9.05. The van der Waals surface area contributed by atoms with Crippen LogP contribution in [0.4, 0.5) is 8.78 Å². The van der Waals surface area contributed by atoms with E-state index < -0.39 is 23.4 Å². The molecule has 1 aromatic heterocycles. The molecule has 1 aliphatic rings. The predicted molar refractivity (Wildman–Crippen MR) is 125 cm³/mol. The van der Waals surface area contributed by atoms with Crippen molar-refractivity contribution in [2.45, 2.75) is 13.8 Å². The second-order valence-corrected chi connectivity index (χ2v) is 8.07. The van der Waals surface area contributed by atoms with Crippen LogP contribution in [0.2, 0.25) is 0 Å². The number of piperazine rings is 1. The van der Waals surface area contributed by atoms with Crippen LogP contribution in [0.1, 0.15) is 28.4 Å². The highest BCUT2D eigenvalue weighted by molar-refractivity contribution is 5.94. The van der Waals surface area contributed by atoms with Gasteiger partial charge in [0, 0.05) is 37.3 Å². The number of carbonyl (C=O) groups is 1. The molecule has 0 radical (unpaired) electrons. The molecule has 7 nitrogen and oxygen atoms in total. The Labute approximate surface area is 202 Å². The van der Waals surface area contributed by atoms with Gasteiger partial charge in [0.05, 0.1) is 11.6 Å². The van der Waals surface area contributed by atoms with Gasteiger partial charge in [-0.1, -0.05) is 19.1 Å². The molecular formula is C26H24F2N4O3. The molecule has 0 bridgehead atoms. The molecule has 0 saturated carbocycles. The molecule has 1 amide bonds. The van der Waals surface area contributed by atoms with Crippen molar-refractivity contribution >= 4 is 5.91 Å². The molecule has 1 aliphatic heterocycles. The summed E-state index contributed by atoms with van der Waals surface area (Å²) < 4.78 is 40.6. The smallest absolute Gasteiger partial charge is 0.259 e. The first kappa shape index (κ1) is 24.1. The number of ether oxygens (including phenoxy) is 2. The number of benzene rings is 2. The summed E-state index contributed by atoms with van der Waals surface area (Å²) in [7, 11) is 0. The lowest BCUT2D eigenvalue weighted by molar-refractivity contribution is 0.0643. The number of halogens is 2. The van der Waals surface area contributed by atoms with Crippen LogP contribution in [0.15, 0.2) is 48.5 Å². The van der Waals surface area contributed by atoms with E-state index in [0.29, 0.717) is 24.2 Å². The number of carbonyl (C=O) groups excluding carboxylic acids is 1. The molecule has 0 spiro atoms. The van der Waals surface area contributed by atoms with Gasteiger partial charge in [0.2, 0.25) is 0 Å². The number of amides is 1. The number of pyridine rings is 1. The van der Waals surface area contributed by atoms with Gasteiger partial charge in [-0.2, -0.15) is 10.2 Å². The van der Waals surface area contributed by atoms with Gasteiger partial charge in [-0.25, -0.2) is 8.78 Å². The van der Waals surface area contributed by atoms with Gasteiger partial charge >= 0.3 is 0 Å². The fourth-order valence-electron chi connectivity index (χ4n) is 3.74. The van der Waals surface area contributed by atoms with Gasteiger partial charge in [-0.3, -0.25) is 4.79 Å². The molecular weight excluding hydrogens is 454 g/mol. The monoisotopic (exact) mass is 478 g/mol. The lowest BCUT2D eigenvalue weighted by Gasteiger charge is -2.34. The summed E-state index contributed by atoms with van der Waals surface area (Å²) in [6, 6.07) is 14.4. The SMILES string of the molecule is CCN1CCN(C(=O)c2cccc(Oc3nc(Oc4cccc(C#N)c4)c(F)c(C)c3F)c2)CC1. The van der Waals surface area contributed by atoms with Crippen LogP contribution in [0, 0.1) is 29.9 Å². The van der Waals surface area contributed by atoms with E-state index in [-0.39, 0.29) is 23.0 Å². The van der Waals surface area contributed by atoms with Crippen LogP contribution in [0.5, 0.6) is 23.3 Å². The molecule has 2 heterocycles. The molecule has 180 valence electrons. The third-order valence-corrected chi connectivity index (χ3v) is 5.82. The zero-order valence-corrected chi connectivity index (χ0v) is 19.4. The summed E-state index contributed by atoms with van der Waals surface area (Å²) in [6.07, 6.45) is 0. The maximum Gasteiger partial charge on any atom is 0.259 e. The van der Waals surface area contributed by atoms with Crippen LogP contribution in [0.3, 0.4) is 0 Å². The zero-order valence-electron chi connectivity index (χ0n) is 19.4. The fourth-order valence-corrected chi connectivity index (χ4v) is 3.74. The van der Waals surface area contributed by atoms with Crippen molar-refractivity contribution in [1.82, 2.24) is 14.8 Å². The highest BCUT2D eigenvalue weighted by Crippen LogP contribution is 2.33. The van der Waals surface area contributed by atoms with Crippen molar-refractivity contribution in [3.05, 3.63) is 76.9 Å². The zero-order chi connectivity index (χ0) is 24.9. The first-order valence-corrected chi connectivity index (χ1v) is 11.2. The summed E-state index contributed by atoms with van der Waals surface area (Å²) in [5.41, 5.74) is 0.384. The van der Waals surface area contributed by atoms with Gasteiger partial charge in [-0.15, -0.1) is 0 Å². The maximum absolute atomic E-state index is 14.8. The minimum absolute atomic E-state index is 0.142. The molecule has 0 N–H and O–H groups in total. The third kappa shape index (κ3) is 5.39. The molecule has 0 unspecified atom stereocenters. The van der Waals surface area contributed by atoms with Crippen molar-refractivity contribution in [1.29, 1.82) is 5.26 Å². The fraction of sp³-hybridized carbons (Fsp3) is 0.269. The van der Waals surface area contributed by atoms with Crippen molar-refractivity contribution in [3.8, 4) is 29.3 Å². The lowest BCUT2D eigenvalue weighted by Crippen LogP contribution is -2.48. The quantitative estimate of drug-likeness (QED) is 0.501. The molecule has 9 heteroatoms. The summed E-state index contributed by atoms with van der Waals surface area (Å²) >= 11 is 0. The largest absolute Gasteiger partial charge is 0.436 e. The van der Waals surface area contributed by atoms with E-state index in [2.05, 4.69) is 16.8 Å². The van der Waals surface area contributed by atoms with Crippen LogP contribution in [0.25, 0.3) is 0 Å². The number of hydrogen-bond donors (Lipinski definition) is 0. The average molecular weight is 478 g/mol. The molecule has 0 aliphatic carbocycles. The van der Waals surface area contributed by atoms with Crippen LogP contribution < -0.4 is 9.47 Å². The van der Waals surface area contributed by atoms with Crippen molar-refractivity contribution in [2.24, 2.45) is 0 Å². The van der Waals surface area contributed by atoms with Crippen molar-refractivity contribution in [3.63, 3.8) is 0 Å². The van der Waals surface area contributed by atoms with E-state index >= 15 is 0 Å². The highest BCUT2D eigenvalue weighted by Gasteiger charge is 2.23. The third-order valence-electron chi connectivity index (χ3n) is 5.82. The van der Waals surface area contributed by atoms with Crippen molar-refractivity contribution < 1.29 is 23.0 Å². The number of rotatable bonds is 6. The minimum atomic E-state index is -0.979. The van der Waals surface area contributed by atoms with E-state index in [0.717, 1.165) is 19.6 Å². The number of likely N-dealkylation sites (N-methyl/N-ethyl adjacent to an activating group) is 1. The van der Waals surface area contributed by atoms with E-state index in [1.807, 2.05) is 6.07 Å². The Hall–Kier alpha value is -4.03. The van der Waals surface area contributed by atoms with Gasteiger partial charge in [0.15, 0.2) is 11.6 Å². The summed E-state index contributed by atoms with van der Waals surface area (Å²) in [4.78, 5) is 20.9. The standard InChI is InChI=1S/C26H24F2N4O3/c1-3-31-10-12-32(13-11-31)26(33)19-7-5-9-21(15-19)35-25-23(28)17(2)22(27)24(30-25)34-20-8-4-6-18(14-20)16-29/h4-9,14-15H,3,10-13H2,1-2H3. The van der Waals surface area contributed by atoms with E-state index in [1.165, 1.54) is 25.1 Å². The highest BCUT2D eigenvalue weighted by atomic mass is 19.1. The second kappa shape index (κ2) is 10.5. The Bertz CT molecular complexity index is 1280. The molecule has 0 atom stereocenters. The molecule has 1 fully saturated rings. The van der Waals surface area contributed by atoms with E-state index in [9.17, 15) is 13.6 Å². The Balaban J connectivity index is 1.56. The topological polar surface area (TPSA) is 78.7 Å². The Kier molecular flexibility index (Phi) is 7.22. The molecule has 2 aromatic carbocycles. The first-order valence-electron chi connectivity index (χ1n) is 11.2. The number of nitrogens with zero attached hydrogens (tertiary/aromatic N) is 4. The Morgan fingerprint density at radius 2 is 1.60 bits per heavy atom. The summed E-state index contributed by atoms with van der Waals surface area (Å²) in [5.74, 6) is -2.73. The number of aromatic nitrogens is 1. The normalized spacial score (nSPS) is 13.9. The first-order chi connectivity index (χ1) is 16.9. The predicted octanol–water partition coefficient (Wildman–Crippen LogP) is 4.90. The summed E-state index contributed by atoms with van der Waals surface area (Å²) in [6.45, 7) is 7.13. The number of hydrogen-bond acceptors (Lipinski definition) is 6. The van der Waals surface area contributed by atoms with E-state index in [4.69, 9.17) is 14.7 Å². The minimum Gasteiger partial charge on any atom is -0.436 e.